The monoisotopic (exact) mass is 600 g/mol. The lowest BCUT2D eigenvalue weighted by Crippen LogP contribution is -2.35. The lowest BCUT2D eigenvalue weighted by molar-refractivity contribution is 0.0662. The highest BCUT2D eigenvalue weighted by Crippen LogP contribution is 2.37. The molecule has 2 saturated heterocycles. The average molecular weight is 601 g/mol. The minimum absolute atomic E-state index is 0.223. The molecule has 11 heteroatoms. The van der Waals surface area contributed by atoms with Crippen LogP contribution in [0.2, 0.25) is 0 Å². The number of aromatic nitrogens is 5. The fourth-order valence-corrected chi connectivity index (χ4v) is 6.10. The third-order valence-electron chi connectivity index (χ3n) is 8.63. The minimum Gasteiger partial charge on any atom is -0.496 e. The molecule has 2 fully saturated rings. The van der Waals surface area contributed by atoms with Gasteiger partial charge >= 0.3 is 0 Å². The molecule has 0 bridgehead atoms. The van der Waals surface area contributed by atoms with Gasteiger partial charge in [-0.1, -0.05) is 6.07 Å². The van der Waals surface area contributed by atoms with Crippen LogP contribution >= 0.6 is 0 Å². The van der Waals surface area contributed by atoms with Gasteiger partial charge in [0.05, 0.1) is 24.9 Å². The number of methoxy groups -OCH3 is 1. The summed E-state index contributed by atoms with van der Waals surface area (Å²) in [6, 6.07) is 8.87. The van der Waals surface area contributed by atoms with Crippen LogP contribution in [0.5, 0.6) is 5.75 Å². The third kappa shape index (κ3) is 6.84. The molecule has 0 unspecified atom stereocenters. The molecular weight excluding hydrogens is 559 g/mol. The number of nitrogens with zero attached hydrogens (tertiary/aromatic N) is 7. The predicted octanol–water partition coefficient (Wildman–Crippen LogP) is 5.81. The van der Waals surface area contributed by atoms with Crippen LogP contribution in [-0.2, 0) is 4.74 Å². The van der Waals surface area contributed by atoms with Gasteiger partial charge in [-0.25, -0.2) is 19.3 Å². The molecule has 2 aliphatic heterocycles. The molecule has 0 spiro atoms. The van der Waals surface area contributed by atoms with Crippen LogP contribution in [0.1, 0.15) is 38.1 Å². The molecule has 44 heavy (non-hydrogen) atoms. The summed E-state index contributed by atoms with van der Waals surface area (Å²) in [5.41, 5.74) is 3.45. The normalized spacial score (nSPS) is 16.4. The Morgan fingerprint density at radius 2 is 1.86 bits per heavy atom. The number of hydrogen-bond donors (Lipinski definition) is 1. The summed E-state index contributed by atoms with van der Waals surface area (Å²) in [5, 5.41) is 8.08. The molecule has 6 rings (SSSR count). The first kappa shape index (κ1) is 30.0. The largest absolute Gasteiger partial charge is 0.496 e. The van der Waals surface area contributed by atoms with E-state index >= 15 is 0 Å². The number of pyridine rings is 1. The first-order valence-corrected chi connectivity index (χ1v) is 15.4. The summed E-state index contributed by atoms with van der Waals surface area (Å²) in [6.07, 6.45) is 13.1. The van der Waals surface area contributed by atoms with E-state index in [9.17, 15) is 4.39 Å². The highest BCUT2D eigenvalue weighted by molar-refractivity contribution is 5.80. The number of nitrogens with one attached hydrogen (secondary N) is 1. The van der Waals surface area contributed by atoms with Gasteiger partial charge < -0.3 is 24.6 Å². The van der Waals surface area contributed by atoms with Crippen molar-refractivity contribution in [2.45, 2.75) is 38.1 Å². The number of piperidine rings is 1. The fourth-order valence-electron chi connectivity index (χ4n) is 6.10. The van der Waals surface area contributed by atoms with Gasteiger partial charge in [0.2, 0.25) is 0 Å². The predicted molar refractivity (Wildman–Crippen MR) is 170 cm³/mol. The van der Waals surface area contributed by atoms with Crippen molar-refractivity contribution in [3.63, 3.8) is 0 Å². The molecule has 3 aromatic heterocycles. The van der Waals surface area contributed by atoms with Gasteiger partial charge in [-0.15, -0.1) is 0 Å². The maximum atomic E-state index is 14.8. The molecule has 0 saturated carbocycles. The second-order valence-corrected chi connectivity index (χ2v) is 11.9. The van der Waals surface area contributed by atoms with E-state index in [1.165, 1.54) is 19.6 Å². The molecule has 10 nitrogen and oxygen atoms in total. The highest BCUT2D eigenvalue weighted by Gasteiger charge is 2.24. The average Bonchev–Trinajstić information content (AvgIpc) is 3.55. The number of benzene rings is 1. The molecule has 0 radical (unpaired) electrons. The van der Waals surface area contributed by atoms with Crippen molar-refractivity contribution >= 4 is 17.3 Å². The summed E-state index contributed by atoms with van der Waals surface area (Å²) in [5.74, 6) is 2.06. The van der Waals surface area contributed by atoms with Crippen molar-refractivity contribution in [2.75, 3.05) is 64.3 Å². The smallest absolute Gasteiger partial charge is 0.168 e. The van der Waals surface area contributed by atoms with Gasteiger partial charge in [-0.3, -0.25) is 4.68 Å². The number of anilines is 3. The van der Waals surface area contributed by atoms with E-state index < -0.39 is 5.82 Å². The first-order valence-electron chi connectivity index (χ1n) is 15.4. The number of ether oxygens (including phenoxy) is 2. The summed E-state index contributed by atoms with van der Waals surface area (Å²) < 4.78 is 27.8. The van der Waals surface area contributed by atoms with Crippen LogP contribution in [0, 0.1) is 11.7 Å². The Balaban J connectivity index is 1.28. The first-order chi connectivity index (χ1) is 21.5. The Morgan fingerprint density at radius 3 is 2.64 bits per heavy atom. The van der Waals surface area contributed by atoms with Gasteiger partial charge in [-0.2, -0.15) is 5.10 Å². The van der Waals surface area contributed by atoms with Gasteiger partial charge in [0, 0.05) is 67.8 Å². The minimum atomic E-state index is -0.443. The van der Waals surface area contributed by atoms with Crippen LogP contribution in [0.25, 0.3) is 22.5 Å². The second-order valence-electron chi connectivity index (χ2n) is 11.9. The number of hydrogen-bond acceptors (Lipinski definition) is 9. The van der Waals surface area contributed by atoms with E-state index in [1.807, 2.05) is 12.4 Å². The summed E-state index contributed by atoms with van der Waals surface area (Å²) >= 11 is 0. The number of rotatable bonds is 10. The van der Waals surface area contributed by atoms with Crippen molar-refractivity contribution in [3.8, 4) is 28.3 Å². The Hall–Kier alpha value is -4.09. The Morgan fingerprint density at radius 1 is 1.05 bits per heavy atom. The van der Waals surface area contributed by atoms with Crippen LogP contribution < -0.4 is 15.0 Å². The third-order valence-corrected chi connectivity index (χ3v) is 8.63. The quantitative estimate of drug-likeness (QED) is 0.242. The molecule has 4 aromatic rings. The topological polar surface area (TPSA) is 93.5 Å². The Kier molecular flexibility index (Phi) is 9.32. The molecule has 0 amide bonds. The lowest BCUT2D eigenvalue weighted by atomic mass is 9.92. The standard InChI is InChI=1S/C33H41FN8O2/c1-40(2)14-8-23-9-15-41(16-10-23)28-19-31(36-21-26(28)24-20-37-42(22-24)25-11-17-44-18-12-25)38-30-7-13-35-33(39-30)32-27(34)5-4-6-29(32)43-3/h4-7,13,19-23,25H,8-12,14-18H2,1-3H3,(H,35,36,38,39). The SMILES string of the molecule is COc1cccc(F)c1-c1nccc(Nc2cc(N3CCC(CCN(C)C)CC3)c(-c3cnn(C4CCOCC4)c3)cn2)n1. The van der Waals surface area contributed by atoms with Crippen molar-refractivity contribution in [1.29, 1.82) is 0 Å². The van der Waals surface area contributed by atoms with Crippen LogP contribution in [-0.4, -0.2) is 83.7 Å². The van der Waals surface area contributed by atoms with Gasteiger partial charge in [0.1, 0.15) is 23.2 Å². The molecule has 0 aliphatic carbocycles. The molecule has 232 valence electrons. The Labute approximate surface area is 258 Å². The summed E-state index contributed by atoms with van der Waals surface area (Å²) in [4.78, 5) is 18.4. The van der Waals surface area contributed by atoms with E-state index in [1.54, 1.807) is 24.4 Å². The van der Waals surface area contributed by atoms with Crippen LogP contribution in [0.3, 0.4) is 0 Å². The van der Waals surface area contributed by atoms with Gasteiger partial charge in [0.15, 0.2) is 5.82 Å². The van der Waals surface area contributed by atoms with Crippen molar-refractivity contribution in [3.05, 3.63) is 60.9 Å². The zero-order chi connectivity index (χ0) is 30.5. The maximum Gasteiger partial charge on any atom is 0.168 e. The van der Waals surface area contributed by atoms with Crippen molar-refractivity contribution < 1.29 is 13.9 Å². The second kappa shape index (κ2) is 13.7. The van der Waals surface area contributed by atoms with E-state index in [-0.39, 0.29) is 11.4 Å². The van der Waals surface area contributed by atoms with E-state index in [0.29, 0.717) is 23.4 Å². The van der Waals surface area contributed by atoms with Crippen molar-refractivity contribution in [1.82, 2.24) is 29.6 Å². The molecular formula is C33H41FN8O2. The van der Waals surface area contributed by atoms with Gasteiger partial charge in [-0.05, 0) is 76.9 Å². The van der Waals surface area contributed by atoms with Gasteiger partial charge in [0.25, 0.3) is 0 Å². The number of halogens is 1. The van der Waals surface area contributed by atoms with E-state index in [4.69, 9.17) is 19.6 Å². The molecule has 1 aromatic carbocycles. The molecule has 1 N–H and O–H groups in total. The van der Waals surface area contributed by atoms with Crippen molar-refractivity contribution in [2.24, 2.45) is 5.92 Å². The zero-order valence-electron chi connectivity index (χ0n) is 25.7. The zero-order valence-corrected chi connectivity index (χ0v) is 25.7. The molecule has 5 heterocycles. The van der Waals surface area contributed by atoms with E-state index in [2.05, 4.69) is 56.1 Å². The highest BCUT2D eigenvalue weighted by atomic mass is 19.1. The fraction of sp³-hybridized carbons (Fsp3) is 0.455. The lowest BCUT2D eigenvalue weighted by Gasteiger charge is -2.35. The summed E-state index contributed by atoms with van der Waals surface area (Å²) in [7, 11) is 5.79. The van der Waals surface area contributed by atoms with Crippen LogP contribution in [0.4, 0.5) is 21.7 Å². The molecule has 0 atom stereocenters. The summed E-state index contributed by atoms with van der Waals surface area (Å²) in [6.45, 7) is 4.61. The van der Waals surface area contributed by atoms with Crippen LogP contribution in [0.15, 0.2) is 55.1 Å². The maximum absolute atomic E-state index is 14.8. The van der Waals surface area contributed by atoms with E-state index in [0.717, 1.165) is 81.3 Å². The molecule has 2 aliphatic rings. The Bertz CT molecular complexity index is 1550.